The summed E-state index contributed by atoms with van der Waals surface area (Å²) < 4.78 is 7.20. The maximum Gasteiger partial charge on any atom is 0.323 e. The lowest BCUT2D eigenvalue weighted by Gasteiger charge is -2.32. The lowest BCUT2D eigenvalue weighted by molar-refractivity contribution is 0.183. The summed E-state index contributed by atoms with van der Waals surface area (Å²) in [4.78, 5) is 14.6. The molecule has 1 fully saturated rings. The van der Waals surface area contributed by atoms with Gasteiger partial charge in [-0.25, -0.2) is 9.48 Å². The van der Waals surface area contributed by atoms with Gasteiger partial charge in [0.1, 0.15) is 11.6 Å². The van der Waals surface area contributed by atoms with E-state index in [1.54, 1.807) is 18.0 Å². The third kappa shape index (κ3) is 4.52. The number of para-hydroxylation sites is 1. The van der Waals surface area contributed by atoms with Crippen molar-refractivity contribution >= 4 is 23.6 Å². The van der Waals surface area contributed by atoms with Crippen LogP contribution in [0.25, 0.3) is 0 Å². The van der Waals surface area contributed by atoms with Gasteiger partial charge < -0.3 is 9.64 Å². The summed E-state index contributed by atoms with van der Waals surface area (Å²) in [5, 5.41) is 7.37. The molecule has 6 nitrogen and oxygen atoms in total. The van der Waals surface area contributed by atoms with Crippen molar-refractivity contribution in [2.75, 3.05) is 37.5 Å². The van der Waals surface area contributed by atoms with Crippen LogP contribution in [-0.4, -0.2) is 52.9 Å². The molecule has 0 aliphatic carbocycles. The van der Waals surface area contributed by atoms with E-state index in [1.165, 1.54) is 6.42 Å². The monoisotopic (exact) mass is 374 g/mol. The predicted octanol–water partition coefficient (Wildman–Crippen LogP) is 3.55. The van der Waals surface area contributed by atoms with Gasteiger partial charge in [0, 0.05) is 24.7 Å². The van der Waals surface area contributed by atoms with Crippen LogP contribution in [0.3, 0.4) is 0 Å². The molecular weight excluding hydrogens is 348 g/mol. The minimum atomic E-state index is -0.0439. The van der Waals surface area contributed by atoms with Crippen LogP contribution in [0.4, 0.5) is 10.6 Å². The van der Waals surface area contributed by atoms with Crippen LogP contribution >= 0.6 is 11.8 Å². The van der Waals surface area contributed by atoms with Crippen molar-refractivity contribution in [1.82, 2.24) is 14.7 Å². The second kappa shape index (κ2) is 8.98. The Bertz CT molecular complexity index is 732. The number of amides is 2. The number of aromatic nitrogens is 2. The fourth-order valence-electron chi connectivity index (χ4n) is 3.37. The third-order valence-corrected chi connectivity index (χ3v) is 5.48. The van der Waals surface area contributed by atoms with Crippen LogP contribution in [0.2, 0.25) is 0 Å². The summed E-state index contributed by atoms with van der Waals surface area (Å²) in [6, 6.07) is 9.63. The molecule has 26 heavy (non-hydrogen) atoms. The molecule has 0 saturated carbocycles. The normalized spacial score (nSPS) is 17.2. The van der Waals surface area contributed by atoms with Crippen LogP contribution in [0.5, 0.6) is 5.75 Å². The largest absolute Gasteiger partial charge is 0.496 e. The third-order valence-electron chi connectivity index (χ3n) is 4.67. The molecule has 0 radical (unpaired) electrons. The number of carbonyl (C=O) groups excluding carboxylic acids is 1. The van der Waals surface area contributed by atoms with Gasteiger partial charge >= 0.3 is 6.03 Å². The maximum absolute atomic E-state index is 12.7. The topological polar surface area (TPSA) is 59.4 Å². The van der Waals surface area contributed by atoms with Crippen molar-refractivity contribution in [3.05, 3.63) is 42.1 Å². The van der Waals surface area contributed by atoms with Crippen molar-refractivity contribution in [3.63, 3.8) is 0 Å². The van der Waals surface area contributed by atoms with E-state index in [9.17, 15) is 4.79 Å². The Kier molecular flexibility index (Phi) is 6.44. The van der Waals surface area contributed by atoms with E-state index in [-0.39, 0.29) is 6.03 Å². The number of hydrogen-bond acceptors (Lipinski definition) is 4. The summed E-state index contributed by atoms with van der Waals surface area (Å²) in [7, 11) is 1.66. The molecule has 0 bridgehead atoms. The molecule has 2 heterocycles. The Morgan fingerprint density at radius 3 is 3.04 bits per heavy atom. The number of ether oxygens (including phenoxy) is 1. The number of nitrogens with zero attached hydrogens (tertiary/aromatic N) is 3. The number of thioether (sulfide) groups is 1. The Balaban J connectivity index is 1.66. The first-order chi connectivity index (χ1) is 12.7. The smallest absolute Gasteiger partial charge is 0.323 e. The van der Waals surface area contributed by atoms with Crippen LogP contribution < -0.4 is 10.1 Å². The van der Waals surface area contributed by atoms with Crippen LogP contribution in [0.1, 0.15) is 18.4 Å². The van der Waals surface area contributed by atoms with Crippen molar-refractivity contribution in [2.24, 2.45) is 5.92 Å². The van der Waals surface area contributed by atoms with E-state index in [4.69, 9.17) is 4.74 Å². The fraction of sp³-hybridized carbons (Fsp3) is 0.474. The fourth-order valence-corrected chi connectivity index (χ4v) is 4.11. The van der Waals surface area contributed by atoms with Gasteiger partial charge in [0.05, 0.1) is 19.9 Å². The SMILES string of the molecule is COc1ccccc1Cn1nccc1NC(=O)N1CCC[C@@H](CSC)C1. The number of likely N-dealkylation sites (tertiary alicyclic amines) is 1. The Morgan fingerprint density at radius 1 is 1.38 bits per heavy atom. The van der Waals surface area contributed by atoms with E-state index in [1.807, 2.05) is 47.0 Å². The molecule has 0 unspecified atom stereocenters. The zero-order chi connectivity index (χ0) is 18.4. The van der Waals surface area contributed by atoms with Crippen LogP contribution in [0, 0.1) is 5.92 Å². The highest BCUT2D eigenvalue weighted by atomic mass is 32.2. The minimum absolute atomic E-state index is 0.0439. The average Bonchev–Trinajstić information content (AvgIpc) is 3.09. The quantitative estimate of drug-likeness (QED) is 0.840. The minimum Gasteiger partial charge on any atom is -0.496 e. The van der Waals surface area contributed by atoms with Gasteiger partial charge in [0.2, 0.25) is 0 Å². The van der Waals surface area contributed by atoms with Gasteiger partial charge in [-0.3, -0.25) is 5.32 Å². The Morgan fingerprint density at radius 2 is 2.23 bits per heavy atom. The first-order valence-corrected chi connectivity index (χ1v) is 10.3. The lowest BCUT2D eigenvalue weighted by Crippen LogP contribution is -2.43. The van der Waals surface area contributed by atoms with Crippen molar-refractivity contribution in [2.45, 2.75) is 19.4 Å². The molecule has 1 N–H and O–H groups in total. The number of hydrogen-bond donors (Lipinski definition) is 1. The second-order valence-corrected chi connectivity index (χ2v) is 7.44. The molecule has 0 spiro atoms. The summed E-state index contributed by atoms with van der Waals surface area (Å²) in [5.74, 6) is 3.21. The number of carbonyl (C=O) groups is 1. The van der Waals surface area contributed by atoms with Gasteiger partial charge in [-0.1, -0.05) is 18.2 Å². The molecule has 1 aromatic heterocycles. The number of methoxy groups -OCH3 is 1. The molecule has 140 valence electrons. The molecule has 1 aromatic carbocycles. The highest BCUT2D eigenvalue weighted by molar-refractivity contribution is 7.98. The zero-order valence-corrected chi connectivity index (χ0v) is 16.2. The molecule has 1 aliphatic rings. The van der Waals surface area contributed by atoms with Crippen molar-refractivity contribution in [3.8, 4) is 5.75 Å². The molecule has 1 saturated heterocycles. The Labute approximate surface area is 158 Å². The number of piperidine rings is 1. The van der Waals surface area contributed by atoms with Crippen LogP contribution in [0.15, 0.2) is 36.5 Å². The molecule has 2 amide bonds. The van der Waals surface area contributed by atoms with Gasteiger partial charge in [0.25, 0.3) is 0 Å². The van der Waals surface area contributed by atoms with Crippen molar-refractivity contribution in [1.29, 1.82) is 0 Å². The number of nitrogens with one attached hydrogen (secondary N) is 1. The maximum atomic E-state index is 12.7. The van der Waals surface area contributed by atoms with E-state index >= 15 is 0 Å². The molecule has 1 atom stereocenters. The number of rotatable bonds is 6. The number of anilines is 1. The predicted molar refractivity (Wildman–Crippen MR) is 106 cm³/mol. The Hall–Kier alpha value is -2.15. The first kappa shape index (κ1) is 18.6. The average molecular weight is 375 g/mol. The summed E-state index contributed by atoms with van der Waals surface area (Å²) in [5.41, 5.74) is 1.02. The van der Waals surface area contributed by atoms with Gasteiger partial charge in [-0.05, 0) is 36.8 Å². The molecule has 2 aromatic rings. The van der Waals surface area contributed by atoms with Gasteiger partial charge in [-0.2, -0.15) is 16.9 Å². The van der Waals surface area contributed by atoms with E-state index in [0.29, 0.717) is 18.3 Å². The lowest BCUT2D eigenvalue weighted by atomic mass is 10.0. The number of benzene rings is 1. The molecule has 1 aliphatic heterocycles. The highest BCUT2D eigenvalue weighted by Crippen LogP contribution is 2.22. The second-order valence-electron chi connectivity index (χ2n) is 6.53. The highest BCUT2D eigenvalue weighted by Gasteiger charge is 2.24. The van der Waals surface area contributed by atoms with Gasteiger partial charge in [-0.15, -0.1) is 0 Å². The van der Waals surface area contributed by atoms with Gasteiger partial charge in [0.15, 0.2) is 0 Å². The standard InChI is InChI=1S/C19H26N4O2S/c1-25-17-8-4-3-7-16(17)13-23-18(9-10-20-23)21-19(24)22-11-5-6-15(12-22)14-26-2/h3-4,7-10,15H,5-6,11-14H2,1-2H3,(H,21,24)/t15-/m1/s1. The van der Waals surface area contributed by atoms with Crippen LogP contribution in [-0.2, 0) is 6.54 Å². The summed E-state index contributed by atoms with van der Waals surface area (Å²) in [6.07, 6.45) is 6.10. The molecule has 7 heteroatoms. The summed E-state index contributed by atoms with van der Waals surface area (Å²) >= 11 is 1.85. The first-order valence-electron chi connectivity index (χ1n) is 8.90. The van der Waals surface area contributed by atoms with Crippen molar-refractivity contribution < 1.29 is 9.53 Å². The zero-order valence-electron chi connectivity index (χ0n) is 15.4. The summed E-state index contributed by atoms with van der Waals surface area (Å²) in [6.45, 7) is 2.19. The molecular formula is C19H26N4O2S. The van der Waals surface area contributed by atoms with E-state index in [2.05, 4.69) is 16.7 Å². The van der Waals surface area contributed by atoms with E-state index in [0.717, 1.165) is 36.6 Å². The molecule has 3 rings (SSSR count). The number of urea groups is 1. The van der Waals surface area contributed by atoms with E-state index < -0.39 is 0 Å².